The number of nitrogens with one attached hydrogen (secondary N) is 1. The van der Waals surface area contributed by atoms with E-state index in [4.69, 9.17) is 0 Å². The number of halogens is 2. The standard InChI is InChI=1S/C11H15F2N/c1-8(7-14-2)3-9-4-10(12)6-11(13)5-9/h4-6,8,14H,3,7H2,1-2H3. The van der Waals surface area contributed by atoms with E-state index in [1.165, 1.54) is 12.1 Å². The predicted octanol–water partition coefficient (Wildman–Crippen LogP) is 2.36. The second kappa shape index (κ2) is 5.05. The summed E-state index contributed by atoms with van der Waals surface area (Å²) in [7, 11) is 1.86. The molecule has 1 aromatic carbocycles. The first kappa shape index (κ1) is 11.1. The number of hydrogen-bond acceptors (Lipinski definition) is 1. The van der Waals surface area contributed by atoms with E-state index >= 15 is 0 Å². The molecule has 0 fully saturated rings. The molecule has 1 aromatic rings. The van der Waals surface area contributed by atoms with Crippen LogP contribution < -0.4 is 5.32 Å². The number of rotatable bonds is 4. The number of hydrogen-bond donors (Lipinski definition) is 1. The van der Waals surface area contributed by atoms with Crippen molar-refractivity contribution in [3.8, 4) is 0 Å². The van der Waals surface area contributed by atoms with Gasteiger partial charge in [0.1, 0.15) is 11.6 Å². The summed E-state index contributed by atoms with van der Waals surface area (Å²) in [6.45, 7) is 2.89. The van der Waals surface area contributed by atoms with Gasteiger partial charge in [-0.1, -0.05) is 6.92 Å². The third-order valence-electron chi connectivity index (χ3n) is 2.06. The Labute approximate surface area is 83.1 Å². The maximum atomic E-state index is 12.8. The highest BCUT2D eigenvalue weighted by atomic mass is 19.1. The molecule has 0 aromatic heterocycles. The molecule has 1 nitrogen and oxygen atoms in total. The first-order valence-corrected chi connectivity index (χ1v) is 4.71. The van der Waals surface area contributed by atoms with Crippen LogP contribution in [0.3, 0.4) is 0 Å². The zero-order valence-electron chi connectivity index (χ0n) is 8.48. The fourth-order valence-corrected chi connectivity index (χ4v) is 1.55. The van der Waals surface area contributed by atoms with Crippen molar-refractivity contribution in [1.82, 2.24) is 5.32 Å². The second-order valence-corrected chi connectivity index (χ2v) is 3.64. The lowest BCUT2D eigenvalue weighted by Crippen LogP contribution is -2.18. The lowest BCUT2D eigenvalue weighted by atomic mass is 10.0. The van der Waals surface area contributed by atoms with Gasteiger partial charge in [0.2, 0.25) is 0 Å². The molecule has 1 N–H and O–H groups in total. The SMILES string of the molecule is CNCC(C)Cc1cc(F)cc(F)c1. The Bertz CT molecular complexity index is 279. The fraction of sp³-hybridized carbons (Fsp3) is 0.455. The van der Waals surface area contributed by atoms with Gasteiger partial charge in [0.15, 0.2) is 0 Å². The summed E-state index contributed by atoms with van der Waals surface area (Å²) in [4.78, 5) is 0. The third-order valence-corrected chi connectivity index (χ3v) is 2.06. The molecule has 0 spiro atoms. The molecule has 1 unspecified atom stereocenters. The van der Waals surface area contributed by atoms with E-state index in [9.17, 15) is 8.78 Å². The van der Waals surface area contributed by atoms with Crippen LogP contribution in [0.2, 0.25) is 0 Å². The van der Waals surface area contributed by atoms with Gasteiger partial charge in [0.25, 0.3) is 0 Å². The van der Waals surface area contributed by atoms with Crippen molar-refractivity contribution in [2.45, 2.75) is 13.3 Å². The minimum atomic E-state index is -0.503. The normalized spacial score (nSPS) is 12.9. The largest absolute Gasteiger partial charge is 0.319 e. The van der Waals surface area contributed by atoms with Crippen LogP contribution in [0.25, 0.3) is 0 Å². The van der Waals surface area contributed by atoms with Crippen LogP contribution in [0.5, 0.6) is 0 Å². The van der Waals surface area contributed by atoms with Gasteiger partial charge in [-0.25, -0.2) is 8.78 Å². The van der Waals surface area contributed by atoms with Crippen molar-refractivity contribution in [2.24, 2.45) is 5.92 Å². The van der Waals surface area contributed by atoms with E-state index < -0.39 is 11.6 Å². The Morgan fingerprint density at radius 3 is 2.29 bits per heavy atom. The van der Waals surface area contributed by atoms with E-state index in [2.05, 4.69) is 5.32 Å². The van der Waals surface area contributed by atoms with E-state index in [1.807, 2.05) is 14.0 Å². The summed E-state index contributed by atoms with van der Waals surface area (Å²) in [5, 5.41) is 3.03. The van der Waals surface area contributed by atoms with Crippen LogP contribution in [-0.4, -0.2) is 13.6 Å². The Morgan fingerprint density at radius 2 is 1.79 bits per heavy atom. The van der Waals surface area contributed by atoms with Gasteiger partial charge in [0, 0.05) is 6.07 Å². The van der Waals surface area contributed by atoms with Crippen molar-refractivity contribution in [2.75, 3.05) is 13.6 Å². The molecule has 0 heterocycles. The van der Waals surface area contributed by atoms with Crippen molar-refractivity contribution >= 4 is 0 Å². The average molecular weight is 199 g/mol. The van der Waals surface area contributed by atoms with E-state index in [0.29, 0.717) is 17.9 Å². The lowest BCUT2D eigenvalue weighted by Gasteiger charge is -2.10. The molecule has 0 aliphatic heterocycles. The summed E-state index contributed by atoms with van der Waals surface area (Å²) in [6.07, 6.45) is 0.690. The van der Waals surface area contributed by atoms with Crippen molar-refractivity contribution < 1.29 is 8.78 Å². The zero-order chi connectivity index (χ0) is 10.6. The van der Waals surface area contributed by atoms with Gasteiger partial charge in [0.05, 0.1) is 0 Å². The smallest absolute Gasteiger partial charge is 0.126 e. The zero-order valence-corrected chi connectivity index (χ0v) is 8.48. The molecule has 0 aliphatic rings. The summed E-state index contributed by atoms with van der Waals surface area (Å²) in [6, 6.07) is 3.66. The summed E-state index contributed by atoms with van der Waals surface area (Å²) < 4.78 is 25.6. The second-order valence-electron chi connectivity index (χ2n) is 3.64. The fourth-order valence-electron chi connectivity index (χ4n) is 1.55. The van der Waals surface area contributed by atoms with Gasteiger partial charge in [-0.15, -0.1) is 0 Å². The molecule has 3 heteroatoms. The first-order valence-electron chi connectivity index (χ1n) is 4.71. The molecule has 14 heavy (non-hydrogen) atoms. The van der Waals surface area contributed by atoms with Crippen LogP contribution in [-0.2, 0) is 6.42 Å². The topological polar surface area (TPSA) is 12.0 Å². The number of benzene rings is 1. The molecule has 78 valence electrons. The van der Waals surface area contributed by atoms with Crippen LogP contribution in [0.1, 0.15) is 12.5 Å². The molecule has 1 atom stereocenters. The predicted molar refractivity (Wildman–Crippen MR) is 53.2 cm³/mol. The Hall–Kier alpha value is -0.960. The molecular formula is C11H15F2N. The lowest BCUT2D eigenvalue weighted by molar-refractivity contribution is 0.532. The minimum absolute atomic E-state index is 0.376. The molecule has 0 saturated heterocycles. The third kappa shape index (κ3) is 3.42. The van der Waals surface area contributed by atoms with Crippen molar-refractivity contribution in [3.05, 3.63) is 35.4 Å². The van der Waals surface area contributed by atoms with Crippen LogP contribution >= 0.6 is 0 Å². The van der Waals surface area contributed by atoms with Gasteiger partial charge in [-0.3, -0.25) is 0 Å². The summed E-state index contributed by atoms with van der Waals surface area (Å²) in [5.41, 5.74) is 0.713. The highest BCUT2D eigenvalue weighted by Gasteiger charge is 2.05. The molecule has 0 aliphatic carbocycles. The van der Waals surface area contributed by atoms with Gasteiger partial charge in [-0.2, -0.15) is 0 Å². The van der Waals surface area contributed by atoms with Gasteiger partial charge < -0.3 is 5.32 Å². The highest BCUT2D eigenvalue weighted by molar-refractivity contribution is 5.18. The Balaban J connectivity index is 2.66. The van der Waals surface area contributed by atoms with Crippen LogP contribution in [0.15, 0.2) is 18.2 Å². The Kier molecular flexibility index (Phi) is 4.01. The summed E-state index contributed by atoms with van der Waals surface area (Å²) >= 11 is 0. The van der Waals surface area contributed by atoms with Crippen molar-refractivity contribution in [1.29, 1.82) is 0 Å². The van der Waals surface area contributed by atoms with E-state index in [-0.39, 0.29) is 0 Å². The van der Waals surface area contributed by atoms with E-state index in [1.54, 1.807) is 0 Å². The Morgan fingerprint density at radius 1 is 1.21 bits per heavy atom. The quantitative estimate of drug-likeness (QED) is 0.785. The van der Waals surface area contributed by atoms with E-state index in [0.717, 1.165) is 12.6 Å². The van der Waals surface area contributed by atoms with Gasteiger partial charge >= 0.3 is 0 Å². The average Bonchev–Trinajstić information content (AvgIpc) is 2.01. The first-order chi connectivity index (χ1) is 6.61. The molecule has 0 bridgehead atoms. The maximum Gasteiger partial charge on any atom is 0.126 e. The highest BCUT2D eigenvalue weighted by Crippen LogP contribution is 2.12. The van der Waals surface area contributed by atoms with Crippen molar-refractivity contribution in [3.63, 3.8) is 0 Å². The van der Waals surface area contributed by atoms with Gasteiger partial charge in [-0.05, 0) is 43.6 Å². The maximum absolute atomic E-state index is 12.8. The molecule has 0 radical (unpaired) electrons. The molecule has 0 saturated carbocycles. The monoisotopic (exact) mass is 199 g/mol. The molecule has 0 amide bonds. The molecule has 1 rings (SSSR count). The minimum Gasteiger partial charge on any atom is -0.319 e. The summed E-state index contributed by atoms with van der Waals surface area (Å²) in [5.74, 6) is -0.630. The van der Waals surface area contributed by atoms with Crippen LogP contribution in [0, 0.1) is 17.6 Å². The van der Waals surface area contributed by atoms with Crippen LogP contribution in [0.4, 0.5) is 8.78 Å². The molecular weight excluding hydrogens is 184 g/mol.